The van der Waals surface area contributed by atoms with E-state index in [1.54, 1.807) is 19.9 Å². The molecule has 0 aliphatic rings. The highest BCUT2D eigenvalue weighted by Crippen LogP contribution is 2.26. The molecule has 1 aromatic rings. The summed E-state index contributed by atoms with van der Waals surface area (Å²) in [4.78, 5) is 10.5. The lowest BCUT2D eigenvalue weighted by molar-refractivity contribution is -0.137. The maximum atomic E-state index is 12.3. The van der Waals surface area contributed by atoms with Crippen LogP contribution in [0.2, 0.25) is 5.02 Å². The normalized spacial score (nSPS) is 12.4. The van der Waals surface area contributed by atoms with Gasteiger partial charge in [-0.1, -0.05) is 27.5 Å². The molecule has 0 atom stereocenters. The van der Waals surface area contributed by atoms with Crippen molar-refractivity contribution >= 4 is 43.5 Å². The van der Waals surface area contributed by atoms with Crippen molar-refractivity contribution in [1.82, 2.24) is 4.72 Å². The summed E-state index contributed by atoms with van der Waals surface area (Å²) in [6.45, 7) is 3.25. The summed E-state index contributed by atoms with van der Waals surface area (Å²) < 4.78 is 27.7. The Kier molecular flexibility index (Phi) is 5.60. The van der Waals surface area contributed by atoms with Crippen LogP contribution in [0.3, 0.4) is 0 Å². The number of aliphatic carboxylic acids is 1. The third-order valence-corrected chi connectivity index (χ3v) is 5.23. The second-order valence-corrected chi connectivity index (χ2v) is 7.93. The van der Waals surface area contributed by atoms with Gasteiger partial charge in [0.05, 0.1) is 5.02 Å². The van der Waals surface area contributed by atoms with E-state index in [1.807, 2.05) is 0 Å². The Morgan fingerprint density at radius 2 is 2.05 bits per heavy atom. The number of nitrogens with one attached hydrogen (secondary N) is 1. The van der Waals surface area contributed by atoms with Crippen LogP contribution in [0.5, 0.6) is 0 Å². The highest BCUT2D eigenvalue weighted by atomic mass is 79.9. The Morgan fingerprint density at radius 3 is 2.55 bits per heavy atom. The minimum Gasteiger partial charge on any atom is -0.481 e. The molecule has 0 saturated heterocycles. The van der Waals surface area contributed by atoms with Crippen molar-refractivity contribution in [3.8, 4) is 0 Å². The zero-order valence-electron chi connectivity index (χ0n) is 11.0. The molecule has 2 N–H and O–H groups in total. The predicted octanol–water partition coefficient (Wildman–Crippen LogP) is 3.02. The van der Waals surface area contributed by atoms with Crippen molar-refractivity contribution < 1.29 is 18.3 Å². The third-order valence-electron chi connectivity index (χ3n) is 2.56. The van der Waals surface area contributed by atoms with E-state index < -0.39 is 21.5 Å². The topological polar surface area (TPSA) is 83.5 Å². The highest BCUT2D eigenvalue weighted by Gasteiger charge is 2.28. The van der Waals surface area contributed by atoms with E-state index in [9.17, 15) is 13.2 Å². The number of rotatable bonds is 6. The van der Waals surface area contributed by atoms with Gasteiger partial charge in [-0.25, -0.2) is 13.1 Å². The fourth-order valence-corrected chi connectivity index (χ4v) is 4.06. The zero-order chi connectivity index (χ0) is 15.6. The minimum atomic E-state index is -3.81. The number of carboxylic acid groups (broad SMARTS) is 1. The molecule has 1 aromatic carbocycles. The summed E-state index contributed by atoms with van der Waals surface area (Å²) in [6, 6.07) is 4.45. The van der Waals surface area contributed by atoms with Gasteiger partial charge < -0.3 is 5.11 Å². The standard InChI is InChI=1S/C12H15BrClNO4S/c1-12(2,6-5-11(16)17)15-20(18,19)10-4-3-8(13)7-9(10)14/h3-4,7,15H,5-6H2,1-2H3,(H,16,17). The van der Waals surface area contributed by atoms with Crippen molar-refractivity contribution in [2.75, 3.05) is 0 Å². The number of halogens is 2. The van der Waals surface area contributed by atoms with Gasteiger partial charge in [-0.3, -0.25) is 4.79 Å². The number of benzene rings is 1. The summed E-state index contributed by atoms with van der Waals surface area (Å²) in [7, 11) is -3.81. The van der Waals surface area contributed by atoms with Crippen molar-refractivity contribution in [1.29, 1.82) is 0 Å². The van der Waals surface area contributed by atoms with E-state index >= 15 is 0 Å². The summed E-state index contributed by atoms with van der Waals surface area (Å²) in [6.07, 6.45) is 0.0549. The van der Waals surface area contributed by atoms with E-state index in [1.165, 1.54) is 12.1 Å². The van der Waals surface area contributed by atoms with Gasteiger partial charge in [0, 0.05) is 16.4 Å². The van der Waals surface area contributed by atoms with Crippen LogP contribution >= 0.6 is 27.5 Å². The molecular weight excluding hydrogens is 370 g/mol. The number of carbonyl (C=O) groups is 1. The van der Waals surface area contributed by atoms with Gasteiger partial charge in [-0.05, 0) is 38.5 Å². The van der Waals surface area contributed by atoms with Crippen LogP contribution in [0.15, 0.2) is 27.6 Å². The van der Waals surface area contributed by atoms with Gasteiger partial charge in [0.15, 0.2) is 0 Å². The van der Waals surface area contributed by atoms with Crippen molar-refractivity contribution in [2.45, 2.75) is 37.1 Å². The summed E-state index contributed by atoms with van der Waals surface area (Å²) in [5.41, 5.74) is -0.881. The van der Waals surface area contributed by atoms with Crippen LogP contribution in [0.1, 0.15) is 26.7 Å². The number of hydrogen-bond acceptors (Lipinski definition) is 3. The maximum Gasteiger partial charge on any atom is 0.303 e. The van der Waals surface area contributed by atoms with Gasteiger partial charge in [0.1, 0.15) is 4.90 Å². The van der Waals surface area contributed by atoms with E-state index in [4.69, 9.17) is 16.7 Å². The fourth-order valence-electron chi connectivity index (χ4n) is 1.58. The lowest BCUT2D eigenvalue weighted by atomic mass is 10.0. The van der Waals surface area contributed by atoms with Crippen LogP contribution in [0.25, 0.3) is 0 Å². The number of carboxylic acids is 1. The molecule has 0 fully saturated rings. The molecule has 0 aliphatic carbocycles. The Balaban J connectivity index is 2.97. The van der Waals surface area contributed by atoms with Crippen LogP contribution in [-0.2, 0) is 14.8 Å². The van der Waals surface area contributed by atoms with Gasteiger partial charge >= 0.3 is 5.97 Å². The van der Waals surface area contributed by atoms with Crippen LogP contribution in [0, 0.1) is 0 Å². The fraction of sp³-hybridized carbons (Fsp3) is 0.417. The Morgan fingerprint density at radius 1 is 1.45 bits per heavy atom. The molecule has 0 aromatic heterocycles. The Labute approximate surface area is 131 Å². The number of sulfonamides is 1. The second kappa shape index (κ2) is 6.43. The average molecular weight is 385 g/mol. The first-order chi connectivity index (χ1) is 9.03. The average Bonchev–Trinajstić information content (AvgIpc) is 2.24. The second-order valence-electron chi connectivity index (χ2n) is 4.96. The summed E-state index contributed by atoms with van der Waals surface area (Å²) >= 11 is 9.13. The smallest absolute Gasteiger partial charge is 0.303 e. The number of hydrogen-bond donors (Lipinski definition) is 2. The highest BCUT2D eigenvalue weighted by molar-refractivity contribution is 9.10. The molecule has 0 unspecified atom stereocenters. The largest absolute Gasteiger partial charge is 0.481 e. The van der Waals surface area contributed by atoms with Crippen LogP contribution < -0.4 is 4.72 Å². The van der Waals surface area contributed by atoms with E-state index in [0.717, 1.165) is 0 Å². The lowest BCUT2D eigenvalue weighted by Crippen LogP contribution is -2.43. The molecule has 8 heteroatoms. The molecule has 0 bridgehead atoms. The third kappa shape index (κ3) is 5.05. The minimum absolute atomic E-state index is 0.0363. The van der Waals surface area contributed by atoms with Gasteiger partial charge in [0.2, 0.25) is 10.0 Å². The molecule has 0 radical (unpaired) electrons. The SMILES string of the molecule is CC(C)(CCC(=O)O)NS(=O)(=O)c1ccc(Br)cc1Cl. The quantitative estimate of drug-likeness (QED) is 0.789. The lowest BCUT2D eigenvalue weighted by Gasteiger charge is -2.25. The maximum absolute atomic E-state index is 12.3. The van der Waals surface area contributed by atoms with Crippen molar-refractivity contribution in [2.24, 2.45) is 0 Å². The van der Waals surface area contributed by atoms with Crippen LogP contribution in [-0.4, -0.2) is 25.0 Å². The Bertz CT molecular complexity index is 616. The molecule has 20 heavy (non-hydrogen) atoms. The van der Waals surface area contributed by atoms with Gasteiger partial charge in [-0.15, -0.1) is 0 Å². The summed E-state index contributed by atoms with van der Waals surface area (Å²) in [5.74, 6) is -0.973. The molecule has 0 aliphatic heterocycles. The molecule has 5 nitrogen and oxygen atoms in total. The van der Waals surface area contributed by atoms with E-state index in [2.05, 4.69) is 20.7 Å². The molecule has 0 amide bonds. The van der Waals surface area contributed by atoms with Crippen molar-refractivity contribution in [3.05, 3.63) is 27.7 Å². The van der Waals surface area contributed by atoms with Gasteiger partial charge in [0.25, 0.3) is 0 Å². The monoisotopic (exact) mass is 383 g/mol. The van der Waals surface area contributed by atoms with Gasteiger partial charge in [-0.2, -0.15) is 0 Å². The Hall–Kier alpha value is -0.630. The zero-order valence-corrected chi connectivity index (χ0v) is 14.1. The first-order valence-electron chi connectivity index (χ1n) is 5.74. The molecule has 0 spiro atoms. The summed E-state index contributed by atoms with van der Waals surface area (Å²) in [5, 5.41) is 8.76. The predicted molar refractivity (Wildman–Crippen MR) is 80.4 cm³/mol. The van der Waals surface area contributed by atoms with Crippen LogP contribution in [0.4, 0.5) is 0 Å². The van der Waals surface area contributed by atoms with E-state index in [0.29, 0.717) is 4.47 Å². The first kappa shape index (κ1) is 17.4. The molecule has 112 valence electrons. The van der Waals surface area contributed by atoms with Crippen molar-refractivity contribution in [3.63, 3.8) is 0 Å². The molecule has 0 saturated carbocycles. The first-order valence-corrected chi connectivity index (χ1v) is 8.40. The molecule has 0 heterocycles. The molecular formula is C12H15BrClNO4S. The molecule has 1 rings (SSSR count). The van der Waals surface area contributed by atoms with E-state index in [-0.39, 0.29) is 22.8 Å².